The molecule has 1 aliphatic heterocycles. The molecule has 1 heterocycles. The van der Waals surface area contributed by atoms with Crippen LogP contribution in [-0.4, -0.2) is 66.9 Å². The Bertz CT molecular complexity index is 1360. The molecule has 0 saturated carbocycles. The number of hydrogen-bond donors (Lipinski definition) is 3. The van der Waals surface area contributed by atoms with Gasteiger partial charge in [0.15, 0.2) is 17.3 Å². The minimum atomic E-state index is -1.94. The minimum absolute atomic E-state index is 0.00224. The summed E-state index contributed by atoms with van der Waals surface area (Å²) in [6.45, 7) is 1.82. The third kappa shape index (κ3) is 5.04. The second-order valence-electron chi connectivity index (χ2n) is 9.71. The first-order valence-corrected chi connectivity index (χ1v) is 14.4. The van der Waals surface area contributed by atoms with Gasteiger partial charge < -0.3 is 29.7 Å². The van der Waals surface area contributed by atoms with E-state index in [4.69, 9.17) is 30.9 Å². The molecule has 0 bridgehead atoms. The van der Waals surface area contributed by atoms with E-state index in [2.05, 4.69) is 5.32 Å². The molecule has 40 heavy (non-hydrogen) atoms. The van der Waals surface area contributed by atoms with Crippen molar-refractivity contribution in [2.45, 2.75) is 42.6 Å². The number of aliphatic hydroxyl groups excluding tert-OH is 2. The van der Waals surface area contributed by atoms with Crippen LogP contribution in [0, 0.1) is 5.92 Å². The fourth-order valence-corrected chi connectivity index (χ4v) is 6.00. The topological polar surface area (TPSA) is 131 Å². The van der Waals surface area contributed by atoms with Crippen LogP contribution in [0.25, 0.3) is 0 Å². The predicted molar refractivity (Wildman–Crippen MR) is 151 cm³/mol. The molecule has 1 spiro atoms. The number of ether oxygens (including phenoxy) is 3. The van der Waals surface area contributed by atoms with Crippen LogP contribution in [0.5, 0.6) is 17.2 Å². The van der Waals surface area contributed by atoms with E-state index in [9.17, 15) is 19.5 Å². The molecule has 3 atom stereocenters. The van der Waals surface area contributed by atoms with E-state index in [0.717, 1.165) is 4.90 Å². The summed E-state index contributed by atoms with van der Waals surface area (Å²) >= 11 is 8.07. The van der Waals surface area contributed by atoms with Crippen LogP contribution in [0.3, 0.4) is 0 Å². The second kappa shape index (κ2) is 12.1. The number of ketones is 2. The lowest BCUT2D eigenvalue weighted by molar-refractivity contribution is -0.121. The first-order valence-electron chi connectivity index (χ1n) is 12.8. The van der Waals surface area contributed by atoms with Crippen molar-refractivity contribution in [2.24, 2.45) is 5.92 Å². The molecular weight excluding hydrogens is 558 g/mol. The number of aliphatic hydroxyl groups is 2. The summed E-state index contributed by atoms with van der Waals surface area (Å²) in [5.41, 5.74) is -1.34. The van der Waals surface area contributed by atoms with Gasteiger partial charge in [0.05, 0.1) is 14.2 Å². The van der Waals surface area contributed by atoms with Crippen LogP contribution in [0.1, 0.15) is 48.0 Å². The molecule has 0 saturated heterocycles. The van der Waals surface area contributed by atoms with Gasteiger partial charge in [-0.3, -0.25) is 14.4 Å². The normalized spacial score (nSPS) is 20.8. The van der Waals surface area contributed by atoms with Crippen LogP contribution in [0.4, 0.5) is 0 Å². The SMILES string of the molecule is COc1cc(OC)c2c(c1Cl)O[C@]1(C2=O)C(O)=C(C(CC(=O)NCCCO)c2ccc(SC)cc2)C(=O)C[C@H]1C. The fourth-order valence-electron chi connectivity index (χ4n) is 5.33. The van der Waals surface area contributed by atoms with Crippen LogP contribution in [0.2, 0.25) is 5.02 Å². The summed E-state index contributed by atoms with van der Waals surface area (Å²) in [5.74, 6) is -3.15. The second-order valence-corrected chi connectivity index (χ2v) is 11.0. The maximum Gasteiger partial charge on any atom is 0.231 e. The van der Waals surface area contributed by atoms with Gasteiger partial charge in [-0.1, -0.05) is 30.7 Å². The van der Waals surface area contributed by atoms with E-state index in [0.29, 0.717) is 12.0 Å². The Morgan fingerprint density at radius 1 is 1.23 bits per heavy atom. The number of allylic oxidation sites excluding steroid dienone is 1. The Hall–Kier alpha value is -3.21. The molecule has 11 heteroatoms. The monoisotopic (exact) mass is 589 g/mol. The Labute approximate surface area is 241 Å². The number of fused-ring (bicyclic) bond motifs is 1. The first-order chi connectivity index (χ1) is 19.1. The Morgan fingerprint density at radius 3 is 2.50 bits per heavy atom. The molecule has 2 aliphatic rings. The van der Waals surface area contributed by atoms with Crippen molar-refractivity contribution < 1.29 is 38.8 Å². The summed E-state index contributed by atoms with van der Waals surface area (Å²) in [5, 5.41) is 23.7. The number of Topliss-reactive ketones (excluding diaryl/α,β-unsaturated/α-hetero) is 2. The number of thioether (sulfide) groups is 1. The average Bonchev–Trinajstić information content (AvgIpc) is 3.26. The van der Waals surface area contributed by atoms with Gasteiger partial charge in [-0.15, -0.1) is 11.8 Å². The summed E-state index contributed by atoms with van der Waals surface area (Å²) in [4.78, 5) is 41.6. The predicted octanol–water partition coefficient (Wildman–Crippen LogP) is 4.49. The van der Waals surface area contributed by atoms with E-state index in [-0.39, 0.29) is 71.1 Å². The number of nitrogens with one attached hydrogen (secondary N) is 1. The summed E-state index contributed by atoms with van der Waals surface area (Å²) in [7, 11) is 2.80. The lowest BCUT2D eigenvalue weighted by Gasteiger charge is -2.38. The average molecular weight is 590 g/mol. The quantitative estimate of drug-likeness (QED) is 0.271. The highest BCUT2D eigenvalue weighted by atomic mass is 35.5. The zero-order valence-electron chi connectivity index (χ0n) is 22.7. The highest BCUT2D eigenvalue weighted by Crippen LogP contribution is 2.55. The van der Waals surface area contributed by atoms with E-state index in [1.165, 1.54) is 32.0 Å². The Morgan fingerprint density at radius 2 is 1.90 bits per heavy atom. The van der Waals surface area contributed by atoms with E-state index in [1.807, 2.05) is 18.4 Å². The van der Waals surface area contributed by atoms with Gasteiger partial charge in [0.2, 0.25) is 17.3 Å². The van der Waals surface area contributed by atoms with Crippen molar-refractivity contribution in [2.75, 3.05) is 33.6 Å². The van der Waals surface area contributed by atoms with Crippen LogP contribution < -0.4 is 19.5 Å². The Balaban J connectivity index is 1.87. The third-order valence-corrected chi connectivity index (χ3v) is 8.53. The molecule has 3 N–H and O–H groups in total. The van der Waals surface area contributed by atoms with Crippen LogP contribution in [-0.2, 0) is 9.59 Å². The molecule has 1 aliphatic carbocycles. The number of rotatable bonds is 10. The van der Waals surface area contributed by atoms with Gasteiger partial charge in [0, 0.05) is 54.4 Å². The lowest BCUT2D eigenvalue weighted by atomic mass is 9.69. The third-order valence-electron chi connectivity index (χ3n) is 7.42. The van der Waals surface area contributed by atoms with Gasteiger partial charge in [-0.05, 0) is 30.4 Å². The largest absolute Gasteiger partial charge is 0.507 e. The van der Waals surface area contributed by atoms with Crippen molar-refractivity contribution in [3.8, 4) is 17.2 Å². The van der Waals surface area contributed by atoms with Gasteiger partial charge in [0.1, 0.15) is 22.1 Å². The zero-order chi connectivity index (χ0) is 29.2. The van der Waals surface area contributed by atoms with Crippen molar-refractivity contribution >= 4 is 40.8 Å². The van der Waals surface area contributed by atoms with Gasteiger partial charge >= 0.3 is 0 Å². The molecule has 2 aromatic rings. The summed E-state index contributed by atoms with van der Waals surface area (Å²) in [6, 6.07) is 8.79. The molecule has 2 aromatic carbocycles. The molecule has 0 radical (unpaired) electrons. The minimum Gasteiger partial charge on any atom is -0.507 e. The van der Waals surface area contributed by atoms with E-state index < -0.39 is 29.0 Å². The maximum atomic E-state index is 14.1. The van der Waals surface area contributed by atoms with Crippen LogP contribution >= 0.6 is 23.4 Å². The van der Waals surface area contributed by atoms with Gasteiger partial charge in [-0.25, -0.2) is 0 Å². The van der Waals surface area contributed by atoms with E-state index in [1.54, 1.807) is 19.1 Å². The highest BCUT2D eigenvalue weighted by Gasteiger charge is 2.61. The van der Waals surface area contributed by atoms with Crippen LogP contribution in [0.15, 0.2) is 46.6 Å². The van der Waals surface area contributed by atoms with Crippen molar-refractivity contribution in [3.63, 3.8) is 0 Å². The molecule has 0 fully saturated rings. The molecule has 1 amide bonds. The molecule has 214 valence electrons. The summed E-state index contributed by atoms with van der Waals surface area (Å²) < 4.78 is 17.0. The zero-order valence-corrected chi connectivity index (χ0v) is 24.3. The number of hydrogen-bond acceptors (Lipinski definition) is 9. The molecule has 0 aromatic heterocycles. The maximum absolute atomic E-state index is 14.1. The van der Waals surface area contributed by atoms with Gasteiger partial charge in [-0.2, -0.15) is 0 Å². The highest BCUT2D eigenvalue weighted by molar-refractivity contribution is 7.98. The Kier molecular flexibility index (Phi) is 9.02. The molecule has 1 unspecified atom stereocenters. The van der Waals surface area contributed by atoms with Crippen molar-refractivity contribution in [1.29, 1.82) is 0 Å². The molecular formula is C29H32ClNO8S. The van der Waals surface area contributed by atoms with Crippen molar-refractivity contribution in [3.05, 3.63) is 57.8 Å². The van der Waals surface area contributed by atoms with E-state index >= 15 is 0 Å². The number of amides is 1. The summed E-state index contributed by atoms with van der Waals surface area (Å²) in [6.07, 6.45) is 2.03. The lowest BCUT2D eigenvalue weighted by Crippen LogP contribution is -2.53. The standard InChI is InChI=1S/C29H32ClNO8S/c1-15-12-19(33)23(18(13-22(34)31-10-5-11-32)16-6-8-17(40-4)9-7-16)27(35)29(15)28(36)24-20(37-2)14-21(38-3)25(30)26(24)39-29/h6-9,14-15,18,32,35H,5,10-13H2,1-4H3,(H,31,34)/t15-,18?,29+/m1/s1. The number of methoxy groups -OCH3 is 2. The number of benzene rings is 2. The molecule has 9 nitrogen and oxygen atoms in total. The molecule has 4 rings (SSSR count). The fraction of sp³-hybridized carbons (Fsp3) is 0.414. The smallest absolute Gasteiger partial charge is 0.231 e. The number of halogens is 1. The number of carbonyl (C=O) groups excluding carboxylic acids is 3. The number of carbonyl (C=O) groups is 3. The first kappa shape index (κ1) is 29.8. The van der Waals surface area contributed by atoms with Crippen molar-refractivity contribution in [1.82, 2.24) is 5.32 Å². The van der Waals surface area contributed by atoms with Gasteiger partial charge in [0.25, 0.3) is 0 Å².